The Morgan fingerprint density at radius 3 is 2.60 bits per heavy atom. The van der Waals surface area contributed by atoms with Crippen LogP contribution in [-0.4, -0.2) is 43.9 Å². The van der Waals surface area contributed by atoms with Gasteiger partial charge >= 0.3 is 6.18 Å². The average molecular weight is 287 g/mol. The average Bonchev–Trinajstić information content (AvgIpc) is 2.85. The summed E-state index contributed by atoms with van der Waals surface area (Å²) in [6, 6.07) is 0.972. The maximum atomic E-state index is 12.9. The summed E-state index contributed by atoms with van der Waals surface area (Å²) in [7, 11) is 0. The van der Waals surface area contributed by atoms with Crippen LogP contribution in [0.3, 0.4) is 0 Å². The van der Waals surface area contributed by atoms with Gasteiger partial charge in [-0.2, -0.15) is 27.8 Å². The van der Waals surface area contributed by atoms with Crippen LogP contribution in [0.4, 0.5) is 19.0 Å². The molecule has 1 aliphatic rings. The third-order valence-corrected chi connectivity index (χ3v) is 3.31. The molecule has 0 atom stereocenters. The lowest BCUT2D eigenvalue weighted by Crippen LogP contribution is -2.37. The minimum absolute atomic E-state index is 0.0825. The molecular weight excluding hydrogens is 275 g/mol. The van der Waals surface area contributed by atoms with Gasteiger partial charge in [0, 0.05) is 19.2 Å². The van der Waals surface area contributed by atoms with E-state index in [0.717, 1.165) is 6.07 Å². The quantitative estimate of drug-likeness (QED) is 0.851. The van der Waals surface area contributed by atoms with Crippen molar-refractivity contribution in [1.29, 1.82) is 0 Å². The fourth-order valence-electron chi connectivity index (χ4n) is 2.26. The molecular formula is C11H12F3N5O. The number of aliphatic hydroxyl groups is 1. The summed E-state index contributed by atoms with van der Waals surface area (Å²) < 4.78 is 39.8. The molecule has 3 rings (SSSR count). The van der Waals surface area contributed by atoms with Crippen LogP contribution in [0.25, 0.3) is 5.78 Å². The molecule has 108 valence electrons. The second-order valence-electron chi connectivity index (χ2n) is 4.69. The van der Waals surface area contributed by atoms with Crippen molar-refractivity contribution in [2.45, 2.75) is 25.1 Å². The Kier molecular flexibility index (Phi) is 3.00. The first-order valence-electron chi connectivity index (χ1n) is 6.16. The molecule has 20 heavy (non-hydrogen) atoms. The molecule has 0 amide bonds. The number of fused-ring (bicyclic) bond motifs is 1. The number of anilines is 1. The molecule has 0 unspecified atom stereocenters. The predicted molar refractivity (Wildman–Crippen MR) is 63.2 cm³/mol. The van der Waals surface area contributed by atoms with Crippen LogP contribution >= 0.6 is 0 Å². The number of piperidine rings is 1. The molecule has 1 fully saturated rings. The van der Waals surface area contributed by atoms with Gasteiger partial charge in [-0.05, 0) is 12.8 Å². The molecule has 0 bridgehead atoms. The van der Waals surface area contributed by atoms with Gasteiger partial charge < -0.3 is 10.0 Å². The highest BCUT2D eigenvalue weighted by Gasteiger charge is 2.35. The van der Waals surface area contributed by atoms with Gasteiger partial charge in [-0.15, -0.1) is 0 Å². The maximum absolute atomic E-state index is 12.9. The number of hydrogen-bond acceptors (Lipinski definition) is 5. The summed E-state index contributed by atoms with van der Waals surface area (Å²) in [5.41, 5.74) is -0.987. The Hall–Kier alpha value is -1.90. The standard InChI is InChI=1S/C11H12F3N5O/c12-11(13,14)8-5-9(18-3-1-7(20)2-4-18)19-10(17-8)15-6-16-19/h5-7,20H,1-4H2. The fourth-order valence-corrected chi connectivity index (χ4v) is 2.26. The lowest BCUT2D eigenvalue weighted by atomic mass is 10.1. The largest absolute Gasteiger partial charge is 0.433 e. The van der Waals surface area contributed by atoms with E-state index in [0.29, 0.717) is 31.7 Å². The van der Waals surface area contributed by atoms with E-state index in [1.54, 1.807) is 4.90 Å². The molecule has 6 nitrogen and oxygen atoms in total. The molecule has 9 heteroatoms. The van der Waals surface area contributed by atoms with E-state index >= 15 is 0 Å². The summed E-state index contributed by atoms with van der Waals surface area (Å²) in [5, 5.41) is 13.4. The summed E-state index contributed by atoms with van der Waals surface area (Å²) in [6.45, 7) is 0.939. The van der Waals surface area contributed by atoms with E-state index < -0.39 is 18.0 Å². The monoisotopic (exact) mass is 287 g/mol. The minimum atomic E-state index is -4.53. The van der Waals surface area contributed by atoms with Gasteiger partial charge in [0.2, 0.25) is 0 Å². The molecule has 0 aromatic carbocycles. The summed E-state index contributed by atoms with van der Waals surface area (Å²) in [6.07, 6.45) is -2.73. The van der Waals surface area contributed by atoms with Crippen LogP contribution < -0.4 is 4.90 Å². The van der Waals surface area contributed by atoms with Crippen LogP contribution in [0.5, 0.6) is 0 Å². The van der Waals surface area contributed by atoms with Gasteiger partial charge in [-0.25, -0.2) is 4.98 Å². The highest BCUT2D eigenvalue weighted by molar-refractivity contribution is 5.48. The van der Waals surface area contributed by atoms with Gasteiger partial charge in [-0.3, -0.25) is 0 Å². The third-order valence-electron chi connectivity index (χ3n) is 3.31. The maximum Gasteiger partial charge on any atom is 0.433 e. The third kappa shape index (κ3) is 2.28. The molecule has 1 N–H and O–H groups in total. The van der Waals surface area contributed by atoms with Crippen molar-refractivity contribution in [3.05, 3.63) is 18.1 Å². The van der Waals surface area contributed by atoms with Gasteiger partial charge in [0.05, 0.1) is 6.10 Å². The van der Waals surface area contributed by atoms with Crippen LogP contribution in [-0.2, 0) is 6.18 Å². The molecule has 1 saturated heterocycles. The zero-order valence-corrected chi connectivity index (χ0v) is 10.4. The highest BCUT2D eigenvalue weighted by Crippen LogP contribution is 2.31. The van der Waals surface area contributed by atoms with E-state index in [9.17, 15) is 18.3 Å². The van der Waals surface area contributed by atoms with Crippen molar-refractivity contribution in [2.75, 3.05) is 18.0 Å². The number of aromatic nitrogens is 4. The van der Waals surface area contributed by atoms with Crippen LogP contribution in [0.15, 0.2) is 12.4 Å². The SMILES string of the molecule is OC1CCN(c2cc(C(F)(F)F)nc3ncnn23)CC1. The lowest BCUT2D eigenvalue weighted by Gasteiger charge is -2.31. The lowest BCUT2D eigenvalue weighted by molar-refractivity contribution is -0.141. The topological polar surface area (TPSA) is 66.5 Å². The van der Waals surface area contributed by atoms with E-state index in [2.05, 4.69) is 15.1 Å². The summed E-state index contributed by atoms with van der Waals surface area (Å²) >= 11 is 0. The second kappa shape index (κ2) is 4.58. The summed E-state index contributed by atoms with van der Waals surface area (Å²) in [5.74, 6) is 0.215. The van der Waals surface area contributed by atoms with Crippen molar-refractivity contribution in [2.24, 2.45) is 0 Å². The zero-order valence-electron chi connectivity index (χ0n) is 10.4. The number of rotatable bonds is 1. The zero-order chi connectivity index (χ0) is 14.3. The molecule has 3 heterocycles. The van der Waals surface area contributed by atoms with Gasteiger partial charge in [0.15, 0.2) is 5.69 Å². The number of hydrogen-bond donors (Lipinski definition) is 1. The van der Waals surface area contributed by atoms with Crippen LogP contribution in [0.2, 0.25) is 0 Å². The normalized spacial score (nSPS) is 17.9. The number of nitrogens with zero attached hydrogens (tertiary/aromatic N) is 5. The molecule has 0 aliphatic carbocycles. The van der Waals surface area contributed by atoms with Gasteiger partial charge in [0.1, 0.15) is 12.1 Å². The van der Waals surface area contributed by atoms with Crippen molar-refractivity contribution >= 4 is 11.6 Å². The Balaban J connectivity index is 2.06. The summed E-state index contributed by atoms with van der Waals surface area (Å²) in [4.78, 5) is 8.95. The molecule has 2 aromatic rings. The van der Waals surface area contributed by atoms with Crippen LogP contribution in [0.1, 0.15) is 18.5 Å². The Morgan fingerprint density at radius 2 is 1.95 bits per heavy atom. The molecule has 0 radical (unpaired) electrons. The van der Waals surface area contributed by atoms with Crippen LogP contribution in [0, 0.1) is 0 Å². The van der Waals surface area contributed by atoms with E-state index in [1.165, 1.54) is 10.8 Å². The van der Waals surface area contributed by atoms with Gasteiger partial charge in [0.25, 0.3) is 5.78 Å². The number of aliphatic hydroxyl groups excluding tert-OH is 1. The minimum Gasteiger partial charge on any atom is -0.393 e. The Labute approximate surface area is 111 Å². The number of halogens is 3. The predicted octanol–water partition coefficient (Wildman–Crippen LogP) is 1.10. The van der Waals surface area contributed by atoms with Crippen molar-refractivity contribution in [3.8, 4) is 0 Å². The molecule has 2 aromatic heterocycles. The van der Waals surface area contributed by atoms with E-state index in [4.69, 9.17) is 0 Å². The molecule has 0 saturated carbocycles. The first kappa shape index (κ1) is 13.1. The highest BCUT2D eigenvalue weighted by atomic mass is 19.4. The fraction of sp³-hybridized carbons (Fsp3) is 0.545. The first-order chi connectivity index (χ1) is 9.45. The van der Waals surface area contributed by atoms with E-state index in [1.807, 2.05) is 0 Å². The van der Waals surface area contributed by atoms with Crippen molar-refractivity contribution in [1.82, 2.24) is 19.6 Å². The second-order valence-corrected chi connectivity index (χ2v) is 4.69. The smallest absolute Gasteiger partial charge is 0.393 e. The van der Waals surface area contributed by atoms with Crippen molar-refractivity contribution < 1.29 is 18.3 Å². The Bertz CT molecular complexity index is 618. The molecule has 1 aliphatic heterocycles. The van der Waals surface area contributed by atoms with Crippen molar-refractivity contribution in [3.63, 3.8) is 0 Å². The first-order valence-corrected chi connectivity index (χ1v) is 6.16. The number of alkyl halides is 3. The molecule has 0 spiro atoms. The van der Waals surface area contributed by atoms with Gasteiger partial charge in [-0.1, -0.05) is 0 Å². The van der Waals surface area contributed by atoms with E-state index in [-0.39, 0.29) is 5.78 Å². The Morgan fingerprint density at radius 1 is 1.25 bits per heavy atom.